The number of esters is 1. The molecule has 1 N–H and O–H groups in total. The molecular formula is C20H29N5O4. The number of ether oxygens (including phenoxy) is 2. The van der Waals surface area contributed by atoms with Crippen LogP contribution in [-0.4, -0.2) is 70.1 Å². The fraction of sp³-hybridized carbons (Fsp3) is 0.700. The van der Waals surface area contributed by atoms with E-state index in [4.69, 9.17) is 9.47 Å². The van der Waals surface area contributed by atoms with E-state index < -0.39 is 0 Å². The Morgan fingerprint density at radius 2 is 2.28 bits per heavy atom. The fourth-order valence-corrected chi connectivity index (χ4v) is 4.39. The highest BCUT2D eigenvalue weighted by Crippen LogP contribution is 2.29. The zero-order chi connectivity index (χ0) is 20.2. The maximum Gasteiger partial charge on any atom is 0.310 e. The molecule has 0 aromatic carbocycles. The lowest BCUT2D eigenvalue weighted by Crippen LogP contribution is -2.40. The molecule has 3 unspecified atom stereocenters. The van der Waals surface area contributed by atoms with E-state index in [0.717, 1.165) is 49.4 Å². The van der Waals surface area contributed by atoms with Gasteiger partial charge in [-0.25, -0.2) is 15.0 Å². The van der Waals surface area contributed by atoms with Crippen molar-refractivity contribution in [1.29, 1.82) is 0 Å². The molecule has 4 heterocycles. The average Bonchev–Trinajstić information content (AvgIpc) is 3.42. The van der Waals surface area contributed by atoms with Crippen LogP contribution in [0.2, 0.25) is 0 Å². The van der Waals surface area contributed by atoms with Crippen molar-refractivity contribution < 1.29 is 19.4 Å². The summed E-state index contributed by atoms with van der Waals surface area (Å²) in [5.74, 6) is 0.935. The van der Waals surface area contributed by atoms with Crippen LogP contribution < -0.4 is 4.90 Å². The molecule has 2 aromatic heterocycles. The van der Waals surface area contributed by atoms with Gasteiger partial charge in [-0.3, -0.25) is 4.79 Å². The first-order chi connectivity index (χ1) is 14.2. The van der Waals surface area contributed by atoms with Crippen molar-refractivity contribution >= 4 is 23.0 Å². The van der Waals surface area contributed by atoms with Crippen molar-refractivity contribution in [2.45, 2.75) is 32.7 Å². The highest BCUT2D eigenvalue weighted by atomic mass is 16.5. The Hall–Kier alpha value is -2.26. The van der Waals surface area contributed by atoms with Crippen molar-refractivity contribution in [3.63, 3.8) is 0 Å². The van der Waals surface area contributed by atoms with E-state index in [2.05, 4.69) is 19.9 Å². The number of rotatable bonds is 7. The maximum absolute atomic E-state index is 12.2. The number of carbonyl (C=O) groups is 1. The Bertz CT molecular complexity index is 835. The summed E-state index contributed by atoms with van der Waals surface area (Å²) in [4.78, 5) is 27.8. The largest absolute Gasteiger partial charge is 0.466 e. The molecule has 0 aliphatic carbocycles. The number of anilines is 1. The molecule has 29 heavy (non-hydrogen) atoms. The third-order valence-corrected chi connectivity index (χ3v) is 6.02. The molecule has 2 aliphatic heterocycles. The van der Waals surface area contributed by atoms with Crippen LogP contribution in [0.5, 0.6) is 0 Å². The van der Waals surface area contributed by atoms with Gasteiger partial charge in [0.1, 0.15) is 6.33 Å². The summed E-state index contributed by atoms with van der Waals surface area (Å²) < 4.78 is 12.7. The molecule has 4 rings (SSSR count). The SMILES string of the molecule is CCOC(=O)C1CCCN(c2ncnc3c2ncn3CC(CO)C2CCOC2)C1. The van der Waals surface area contributed by atoms with Gasteiger partial charge in [0, 0.05) is 45.4 Å². The van der Waals surface area contributed by atoms with E-state index in [0.29, 0.717) is 32.2 Å². The van der Waals surface area contributed by atoms with Gasteiger partial charge in [0.15, 0.2) is 17.0 Å². The van der Waals surface area contributed by atoms with Crippen LogP contribution in [0.15, 0.2) is 12.7 Å². The van der Waals surface area contributed by atoms with Crippen molar-refractivity contribution in [3.05, 3.63) is 12.7 Å². The second-order valence-electron chi connectivity index (χ2n) is 7.87. The molecule has 2 fully saturated rings. The molecule has 0 amide bonds. The number of nitrogens with zero attached hydrogens (tertiary/aromatic N) is 5. The van der Waals surface area contributed by atoms with Gasteiger partial charge < -0.3 is 24.0 Å². The molecule has 0 spiro atoms. The Kier molecular flexibility index (Phi) is 6.25. The molecule has 2 aliphatic rings. The Balaban J connectivity index is 1.55. The number of hydrogen-bond acceptors (Lipinski definition) is 8. The molecule has 0 bridgehead atoms. The number of piperidine rings is 1. The molecule has 0 saturated carbocycles. The first-order valence-electron chi connectivity index (χ1n) is 10.5. The van der Waals surface area contributed by atoms with Gasteiger partial charge in [-0.15, -0.1) is 0 Å². The summed E-state index contributed by atoms with van der Waals surface area (Å²) in [6, 6.07) is 0. The lowest BCUT2D eigenvalue weighted by atomic mass is 9.92. The number of hydrogen-bond donors (Lipinski definition) is 1. The highest BCUT2D eigenvalue weighted by molar-refractivity contribution is 5.84. The van der Waals surface area contributed by atoms with Crippen molar-refractivity contribution in [1.82, 2.24) is 19.5 Å². The van der Waals surface area contributed by atoms with E-state index >= 15 is 0 Å². The molecule has 9 nitrogen and oxygen atoms in total. The molecular weight excluding hydrogens is 374 g/mol. The van der Waals surface area contributed by atoms with Crippen LogP contribution in [0.1, 0.15) is 26.2 Å². The van der Waals surface area contributed by atoms with Crippen molar-refractivity contribution in [3.8, 4) is 0 Å². The maximum atomic E-state index is 12.2. The standard InChI is InChI=1S/C20H29N5O4/c1-2-29-20(27)14-4-3-6-24(8-14)18-17-19(22-12-21-18)25(13-23-17)9-16(10-26)15-5-7-28-11-15/h12-16,26H,2-11H2,1H3. The second kappa shape index (κ2) is 9.04. The van der Waals surface area contributed by atoms with Gasteiger partial charge >= 0.3 is 5.97 Å². The monoisotopic (exact) mass is 403 g/mol. The van der Waals surface area contributed by atoms with Gasteiger partial charge in [-0.2, -0.15) is 0 Å². The molecule has 3 atom stereocenters. The Morgan fingerprint density at radius 1 is 1.38 bits per heavy atom. The Labute approximate surface area is 170 Å². The summed E-state index contributed by atoms with van der Waals surface area (Å²) in [5.41, 5.74) is 1.49. The van der Waals surface area contributed by atoms with Crippen LogP contribution in [0.4, 0.5) is 5.82 Å². The summed E-state index contributed by atoms with van der Waals surface area (Å²) in [6.07, 6.45) is 6.04. The summed E-state index contributed by atoms with van der Waals surface area (Å²) in [5, 5.41) is 9.87. The quantitative estimate of drug-likeness (QED) is 0.689. The molecule has 0 radical (unpaired) electrons. The molecule has 2 aromatic rings. The minimum Gasteiger partial charge on any atom is -0.466 e. The fourth-order valence-electron chi connectivity index (χ4n) is 4.39. The van der Waals surface area contributed by atoms with E-state index in [1.54, 1.807) is 12.7 Å². The zero-order valence-electron chi connectivity index (χ0n) is 16.9. The topological polar surface area (TPSA) is 103 Å². The van der Waals surface area contributed by atoms with E-state index in [-0.39, 0.29) is 24.4 Å². The number of imidazole rings is 1. The molecule has 158 valence electrons. The van der Waals surface area contributed by atoms with Crippen LogP contribution in [0.3, 0.4) is 0 Å². The van der Waals surface area contributed by atoms with Crippen LogP contribution in [-0.2, 0) is 20.8 Å². The van der Waals surface area contributed by atoms with Crippen molar-refractivity contribution in [2.75, 3.05) is 44.4 Å². The zero-order valence-corrected chi connectivity index (χ0v) is 16.9. The first-order valence-corrected chi connectivity index (χ1v) is 10.5. The Morgan fingerprint density at radius 3 is 3.03 bits per heavy atom. The number of fused-ring (bicyclic) bond motifs is 1. The summed E-state index contributed by atoms with van der Waals surface area (Å²) in [7, 11) is 0. The first kappa shape index (κ1) is 20.0. The predicted molar refractivity (Wildman–Crippen MR) is 106 cm³/mol. The predicted octanol–water partition coefficient (Wildman–Crippen LogP) is 1.25. The lowest BCUT2D eigenvalue weighted by molar-refractivity contribution is -0.148. The number of aliphatic hydroxyl groups excluding tert-OH is 1. The summed E-state index contributed by atoms with van der Waals surface area (Å²) in [6.45, 7) is 5.84. The lowest BCUT2D eigenvalue weighted by Gasteiger charge is -2.32. The minimum atomic E-state index is -0.142. The van der Waals surface area contributed by atoms with Crippen LogP contribution >= 0.6 is 0 Å². The van der Waals surface area contributed by atoms with E-state index in [1.807, 2.05) is 11.5 Å². The van der Waals surface area contributed by atoms with Gasteiger partial charge in [0.2, 0.25) is 0 Å². The highest BCUT2D eigenvalue weighted by Gasteiger charge is 2.30. The van der Waals surface area contributed by atoms with E-state index in [1.165, 1.54) is 0 Å². The van der Waals surface area contributed by atoms with Crippen molar-refractivity contribution in [2.24, 2.45) is 17.8 Å². The van der Waals surface area contributed by atoms with Gasteiger partial charge in [-0.1, -0.05) is 0 Å². The number of aromatic nitrogens is 4. The third-order valence-electron chi connectivity index (χ3n) is 6.02. The second-order valence-corrected chi connectivity index (χ2v) is 7.87. The van der Waals surface area contributed by atoms with E-state index in [9.17, 15) is 9.90 Å². The van der Waals surface area contributed by atoms with Gasteiger partial charge in [0.05, 0.1) is 18.9 Å². The number of carbonyl (C=O) groups excluding carboxylic acids is 1. The smallest absolute Gasteiger partial charge is 0.310 e. The average molecular weight is 403 g/mol. The van der Waals surface area contributed by atoms with Crippen LogP contribution in [0.25, 0.3) is 11.2 Å². The van der Waals surface area contributed by atoms with Gasteiger partial charge in [0.25, 0.3) is 0 Å². The molecule has 9 heteroatoms. The summed E-state index contributed by atoms with van der Waals surface area (Å²) >= 11 is 0. The number of aliphatic hydroxyl groups is 1. The normalized spacial score (nSPS) is 23.4. The van der Waals surface area contributed by atoms with Gasteiger partial charge in [-0.05, 0) is 32.1 Å². The molecule has 2 saturated heterocycles. The van der Waals surface area contributed by atoms with Crippen LogP contribution in [0, 0.1) is 17.8 Å². The minimum absolute atomic E-state index is 0.108. The third kappa shape index (κ3) is 4.20.